The van der Waals surface area contributed by atoms with E-state index >= 15 is 0 Å². The van der Waals surface area contributed by atoms with Gasteiger partial charge >= 0.3 is 12.1 Å². The first-order chi connectivity index (χ1) is 8.78. The molecule has 0 saturated carbocycles. The van der Waals surface area contributed by atoms with Crippen LogP contribution in [-0.2, 0) is 14.3 Å². The van der Waals surface area contributed by atoms with E-state index in [1.54, 1.807) is 11.8 Å². The molecule has 0 spiro atoms. The Balaban J connectivity index is 2.66. The lowest BCUT2D eigenvalue weighted by atomic mass is 9.94. The lowest BCUT2D eigenvalue weighted by molar-refractivity contribution is -0.148. The molecule has 0 aromatic carbocycles. The van der Waals surface area contributed by atoms with E-state index in [-0.39, 0.29) is 23.9 Å². The first-order valence-corrected chi connectivity index (χ1v) is 6.93. The molecule has 1 aliphatic heterocycles. The van der Waals surface area contributed by atoms with Crippen LogP contribution in [0.4, 0.5) is 4.79 Å². The Hall–Kier alpha value is -1.26. The molecule has 2 atom stereocenters. The summed E-state index contributed by atoms with van der Waals surface area (Å²) < 4.78 is 10.4. The third-order valence-corrected chi connectivity index (χ3v) is 3.21. The van der Waals surface area contributed by atoms with Crippen molar-refractivity contribution < 1.29 is 19.1 Å². The average Bonchev–Trinajstić information content (AvgIpc) is 2.71. The molecule has 0 aromatic heterocycles. The number of carbonyl (C=O) groups is 2. The van der Waals surface area contributed by atoms with E-state index in [4.69, 9.17) is 9.47 Å². The van der Waals surface area contributed by atoms with Gasteiger partial charge in [0.2, 0.25) is 0 Å². The molecule has 1 amide bonds. The van der Waals surface area contributed by atoms with Crippen molar-refractivity contribution in [1.29, 1.82) is 0 Å². The number of amides is 1. The monoisotopic (exact) mass is 271 g/mol. The lowest BCUT2D eigenvalue weighted by Crippen LogP contribution is -2.36. The molecule has 1 fully saturated rings. The molecule has 0 radical (unpaired) electrons. The number of hydrogen-bond donors (Lipinski definition) is 0. The van der Waals surface area contributed by atoms with Crippen LogP contribution in [0.3, 0.4) is 0 Å². The number of carbonyl (C=O) groups excluding carboxylic acids is 2. The van der Waals surface area contributed by atoms with Crippen LogP contribution in [0.5, 0.6) is 0 Å². The van der Waals surface area contributed by atoms with Gasteiger partial charge < -0.3 is 14.4 Å². The van der Waals surface area contributed by atoms with Gasteiger partial charge in [-0.1, -0.05) is 13.3 Å². The minimum Gasteiger partial charge on any atom is -0.466 e. The maximum atomic E-state index is 12.0. The highest BCUT2D eigenvalue weighted by atomic mass is 16.6. The number of rotatable bonds is 3. The van der Waals surface area contributed by atoms with Gasteiger partial charge in [0.1, 0.15) is 5.60 Å². The van der Waals surface area contributed by atoms with Crippen LogP contribution in [0.1, 0.15) is 41.0 Å². The zero-order valence-corrected chi connectivity index (χ0v) is 12.6. The van der Waals surface area contributed by atoms with E-state index in [1.165, 1.54) is 0 Å². The fourth-order valence-electron chi connectivity index (χ4n) is 2.28. The summed E-state index contributed by atoms with van der Waals surface area (Å²) in [5.74, 6) is -0.274. The molecule has 0 aliphatic carbocycles. The van der Waals surface area contributed by atoms with Crippen LogP contribution in [-0.4, -0.2) is 42.3 Å². The Bertz CT molecular complexity index is 335. The molecule has 0 unspecified atom stereocenters. The van der Waals surface area contributed by atoms with Crippen molar-refractivity contribution >= 4 is 12.1 Å². The zero-order valence-electron chi connectivity index (χ0n) is 12.6. The molecule has 5 nitrogen and oxygen atoms in total. The zero-order chi connectivity index (χ0) is 14.6. The predicted molar refractivity (Wildman–Crippen MR) is 71.7 cm³/mol. The second-order valence-electron chi connectivity index (χ2n) is 5.91. The minimum atomic E-state index is -0.513. The number of likely N-dealkylation sites (tertiary alicyclic amines) is 1. The van der Waals surface area contributed by atoms with Crippen molar-refractivity contribution in [1.82, 2.24) is 4.90 Å². The minimum absolute atomic E-state index is 0.159. The fraction of sp³-hybridized carbons (Fsp3) is 0.857. The first-order valence-electron chi connectivity index (χ1n) is 6.93. The molecule has 110 valence electrons. The summed E-state index contributed by atoms with van der Waals surface area (Å²) in [5, 5.41) is 0. The molecule has 1 rings (SSSR count). The summed E-state index contributed by atoms with van der Waals surface area (Å²) >= 11 is 0. The summed E-state index contributed by atoms with van der Waals surface area (Å²) in [5.41, 5.74) is -0.513. The topological polar surface area (TPSA) is 55.8 Å². The third-order valence-electron chi connectivity index (χ3n) is 3.21. The highest BCUT2D eigenvalue weighted by Gasteiger charge is 2.40. The number of hydrogen-bond acceptors (Lipinski definition) is 4. The van der Waals surface area contributed by atoms with Crippen molar-refractivity contribution in [3.8, 4) is 0 Å². The number of esters is 1. The van der Waals surface area contributed by atoms with Gasteiger partial charge in [-0.05, 0) is 33.6 Å². The molecular formula is C14H25NO4. The van der Waals surface area contributed by atoms with Crippen molar-refractivity contribution in [2.75, 3.05) is 19.7 Å². The maximum Gasteiger partial charge on any atom is 0.410 e. The number of ether oxygens (including phenoxy) is 2. The third kappa shape index (κ3) is 4.40. The van der Waals surface area contributed by atoms with E-state index in [0.29, 0.717) is 19.7 Å². The average molecular weight is 271 g/mol. The summed E-state index contributed by atoms with van der Waals surface area (Å²) in [4.78, 5) is 25.5. The van der Waals surface area contributed by atoms with Crippen LogP contribution in [0.15, 0.2) is 0 Å². The Labute approximate surface area is 115 Å². The Kier molecular flexibility index (Phi) is 5.20. The standard InChI is InChI=1S/C14H25NO4/c1-6-10-8-15(13(17)19-14(3,4)5)9-11(10)12(16)18-7-2/h10-11H,6-9H2,1-5H3/t10-,11+/m0/s1. The number of nitrogens with zero attached hydrogens (tertiary/aromatic N) is 1. The molecule has 0 aromatic rings. The van der Waals surface area contributed by atoms with Crippen molar-refractivity contribution in [3.05, 3.63) is 0 Å². The van der Waals surface area contributed by atoms with E-state index < -0.39 is 5.60 Å². The van der Waals surface area contributed by atoms with Crippen molar-refractivity contribution in [3.63, 3.8) is 0 Å². The van der Waals surface area contributed by atoms with Crippen LogP contribution < -0.4 is 0 Å². The fourth-order valence-corrected chi connectivity index (χ4v) is 2.28. The summed E-state index contributed by atoms with van der Waals surface area (Å²) in [6.45, 7) is 10.7. The molecular weight excluding hydrogens is 246 g/mol. The van der Waals surface area contributed by atoms with Crippen molar-refractivity contribution in [2.45, 2.75) is 46.6 Å². The molecule has 0 N–H and O–H groups in total. The van der Waals surface area contributed by atoms with Gasteiger partial charge in [0.15, 0.2) is 0 Å². The van der Waals surface area contributed by atoms with Gasteiger partial charge in [-0.15, -0.1) is 0 Å². The van der Waals surface area contributed by atoms with Crippen LogP contribution in [0.25, 0.3) is 0 Å². The first kappa shape index (κ1) is 15.8. The predicted octanol–water partition coefficient (Wildman–Crippen LogP) is 2.44. The van der Waals surface area contributed by atoms with Crippen molar-refractivity contribution in [2.24, 2.45) is 11.8 Å². The van der Waals surface area contributed by atoms with Gasteiger partial charge in [0.05, 0.1) is 12.5 Å². The Morgan fingerprint density at radius 2 is 1.84 bits per heavy atom. The second kappa shape index (κ2) is 6.26. The van der Waals surface area contributed by atoms with Gasteiger partial charge in [-0.3, -0.25) is 4.79 Å². The van der Waals surface area contributed by atoms with Gasteiger partial charge in [0, 0.05) is 13.1 Å². The second-order valence-corrected chi connectivity index (χ2v) is 5.91. The Morgan fingerprint density at radius 3 is 2.32 bits per heavy atom. The van der Waals surface area contributed by atoms with Crippen LogP contribution in [0.2, 0.25) is 0 Å². The molecule has 19 heavy (non-hydrogen) atoms. The molecule has 1 saturated heterocycles. The quantitative estimate of drug-likeness (QED) is 0.740. The van der Waals surface area contributed by atoms with E-state index in [9.17, 15) is 9.59 Å². The van der Waals surface area contributed by atoms with Gasteiger partial charge in [-0.2, -0.15) is 0 Å². The summed E-state index contributed by atoms with van der Waals surface area (Å²) in [6.07, 6.45) is 0.501. The van der Waals surface area contributed by atoms with Crippen LogP contribution in [0, 0.1) is 11.8 Å². The lowest BCUT2D eigenvalue weighted by Gasteiger charge is -2.24. The molecule has 0 bridgehead atoms. The van der Waals surface area contributed by atoms with Gasteiger partial charge in [-0.25, -0.2) is 4.79 Å². The largest absolute Gasteiger partial charge is 0.466 e. The summed E-state index contributed by atoms with van der Waals surface area (Å²) in [7, 11) is 0. The molecule has 5 heteroatoms. The smallest absolute Gasteiger partial charge is 0.410 e. The van der Waals surface area contributed by atoms with E-state index in [0.717, 1.165) is 6.42 Å². The van der Waals surface area contributed by atoms with Gasteiger partial charge in [0.25, 0.3) is 0 Å². The van der Waals surface area contributed by atoms with Crippen LogP contribution >= 0.6 is 0 Å². The van der Waals surface area contributed by atoms with E-state index in [1.807, 2.05) is 27.7 Å². The normalized spacial score (nSPS) is 23.3. The molecule has 1 aliphatic rings. The van der Waals surface area contributed by atoms with E-state index in [2.05, 4.69) is 0 Å². The Morgan fingerprint density at radius 1 is 1.21 bits per heavy atom. The molecule has 1 heterocycles. The summed E-state index contributed by atoms with van der Waals surface area (Å²) in [6, 6.07) is 0. The SMILES string of the molecule is CCOC(=O)[C@@H]1CN(C(=O)OC(C)(C)C)C[C@@H]1CC. The highest BCUT2D eigenvalue weighted by Crippen LogP contribution is 2.28. The maximum absolute atomic E-state index is 12.0. The highest BCUT2D eigenvalue weighted by molar-refractivity contribution is 5.76.